The molecule has 0 spiro atoms. The maximum Gasteiger partial charge on any atom is 0.129 e. The van der Waals surface area contributed by atoms with Crippen LogP contribution in [0.4, 0.5) is 5.82 Å². The number of ether oxygens (including phenoxy) is 2. The Morgan fingerprint density at radius 3 is 2.77 bits per heavy atom. The van der Waals surface area contributed by atoms with Gasteiger partial charge in [0.05, 0.1) is 34.4 Å². The van der Waals surface area contributed by atoms with Crippen molar-refractivity contribution in [2.24, 2.45) is 0 Å². The summed E-state index contributed by atoms with van der Waals surface area (Å²) in [6.07, 6.45) is 0.169. The van der Waals surface area contributed by atoms with Crippen LogP contribution in [0.25, 0.3) is 10.9 Å². The van der Waals surface area contributed by atoms with Gasteiger partial charge in [-0.2, -0.15) is 0 Å². The second kappa shape index (κ2) is 6.59. The minimum atomic E-state index is 0.0427. The number of pyridine rings is 1. The van der Waals surface area contributed by atoms with E-state index in [2.05, 4.69) is 11.8 Å². The molecule has 0 amide bonds. The molecule has 0 radical (unpaired) electrons. The van der Waals surface area contributed by atoms with Gasteiger partial charge in [0.15, 0.2) is 0 Å². The van der Waals surface area contributed by atoms with Crippen molar-refractivity contribution >= 4 is 39.9 Å². The number of fused-ring (bicyclic) bond motifs is 1. The third-order valence-electron chi connectivity index (χ3n) is 3.74. The zero-order valence-corrected chi connectivity index (χ0v) is 14.1. The van der Waals surface area contributed by atoms with Gasteiger partial charge in [0.1, 0.15) is 5.82 Å². The molecule has 0 saturated carbocycles. The predicted molar refractivity (Wildman–Crippen MR) is 90.2 cm³/mol. The highest BCUT2D eigenvalue weighted by molar-refractivity contribution is 6.39. The Kier molecular flexibility index (Phi) is 4.73. The highest BCUT2D eigenvalue weighted by atomic mass is 35.5. The van der Waals surface area contributed by atoms with Crippen molar-refractivity contribution in [2.45, 2.75) is 19.1 Å². The Bertz CT molecular complexity index is 680. The second-order valence-corrected chi connectivity index (χ2v) is 6.34. The summed E-state index contributed by atoms with van der Waals surface area (Å²) in [5, 5.41) is 2.13. The second-order valence-electron chi connectivity index (χ2n) is 5.52. The summed E-state index contributed by atoms with van der Waals surface area (Å²) in [6.45, 7) is 4.16. The van der Waals surface area contributed by atoms with E-state index < -0.39 is 0 Å². The molecule has 1 aromatic carbocycles. The number of anilines is 1. The van der Waals surface area contributed by atoms with Crippen LogP contribution in [0, 0.1) is 0 Å². The van der Waals surface area contributed by atoms with Crippen molar-refractivity contribution in [3.8, 4) is 0 Å². The first-order valence-electron chi connectivity index (χ1n) is 7.22. The highest BCUT2D eigenvalue weighted by Crippen LogP contribution is 2.30. The predicted octanol–water partition coefficient (Wildman–Crippen LogP) is 3.78. The van der Waals surface area contributed by atoms with Gasteiger partial charge in [-0.25, -0.2) is 4.98 Å². The number of nitrogens with zero attached hydrogens (tertiary/aromatic N) is 2. The quantitative estimate of drug-likeness (QED) is 0.851. The summed E-state index contributed by atoms with van der Waals surface area (Å²) in [7, 11) is 1.68. The lowest BCUT2D eigenvalue weighted by molar-refractivity contribution is -0.0512. The van der Waals surface area contributed by atoms with Gasteiger partial charge in [0, 0.05) is 25.6 Å². The Morgan fingerprint density at radius 2 is 2.00 bits per heavy atom. The molecule has 3 rings (SSSR count). The SMILES string of the molecule is COCC1CN(c2ccc3c(Cl)ccc(Cl)c3n2)CC(C)O1. The average Bonchev–Trinajstić information content (AvgIpc) is 2.50. The zero-order chi connectivity index (χ0) is 15.7. The molecule has 22 heavy (non-hydrogen) atoms. The first-order chi connectivity index (χ1) is 10.6. The van der Waals surface area contributed by atoms with Crippen LogP contribution in [-0.4, -0.2) is 44.0 Å². The third kappa shape index (κ3) is 3.15. The van der Waals surface area contributed by atoms with Crippen LogP contribution in [0.1, 0.15) is 6.92 Å². The molecule has 4 nitrogen and oxygen atoms in total. The lowest BCUT2D eigenvalue weighted by atomic mass is 10.2. The van der Waals surface area contributed by atoms with Gasteiger partial charge in [0.2, 0.25) is 0 Å². The smallest absolute Gasteiger partial charge is 0.129 e. The monoisotopic (exact) mass is 340 g/mol. The fourth-order valence-corrected chi connectivity index (χ4v) is 3.25. The Balaban J connectivity index is 1.94. The summed E-state index contributed by atoms with van der Waals surface area (Å²) >= 11 is 12.5. The van der Waals surface area contributed by atoms with Gasteiger partial charge in [0.25, 0.3) is 0 Å². The molecular formula is C16H18Cl2N2O2. The Morgan fingerprint density at radius 1 is 1.23 bits per heavy atom. The fraction of sp³-hybridized carbons (Fsp3) is 0.438. The van der Waals surface area contributed by atoms with Crippen LogP contribution >= 0.6 is 23.2 Å². The van der Waals surface area contributed by atoms with Gasteiger partial charge < -0.3 is 14.4 Å². The number of rotatable bonds is 3. The van der Waals surface area contributed by atoms with E-state index in [-0.39, 0.29) is 12.2 Å². The molecule has 0 N–H and O–H groups in total. The van der Waals surface area contributed by atoms with Crippen molar-refractivity contribution in [1.29, 1.82) is 0 Å². The van der Waals surface area contributed by atoms with Gasteiger partial charge in [-0.3, -0.25) is 0 Å². The summed E-state index contributed by atoms with van der Waals surface area (Å²) in [5.74, 6) is 0.882. The van der Waals surface area contributed by atoms with Crippen LogP contribution in [0.3, 0.4) is 0 Å². The number of aromatic nitrogens is 1. The fourth-order valence-electron chi connectivity index (χ4n) is 2.83. The van der Waals surface area contributed by atoms with E-state index in [1.807, 2.05) is 12.1 Å². The van der Waals surface area contributed by atoms with Crippen LogP contribution in [0.2, 0.25) is 10.0 Å². The zero-order valence-electron chi connectivity index (χ0n) is 12.6. The molecule has 1 aliphatic heterocycles. The number of morpholine rings is 1. The molecule has 1 aromatic heterocycles. The number of hydrogen-bond donors (Lipinski definition) is 0. The van der Waals surface area contributed by atoms with Crippen molar-refractivity contribution in [3.05, 3.63) is 34.3 Å². The van der Waals surface area contributed by atoms with Crippen LogP contribution in [0.15, 0.2) is 24.3 Å². The van der Waals surface area contributed by atoms with Crippen molar-refractivity contribution in [2.75, 3.05) is 31.7 Å². The molecule has 2 heterocycles. The summed E-state index contributed by atoms with van der Waals surface area (Å²) in [6, 6.07) is 7.52. The first kappa shape index (κ1) is 15.8. The molecule has 2 atom stereocenters. The van der Waals surface area contributed by atoms with Crippen molar-refractivity contribution in [3.63, 3.8) is 0 Å². The summed E-state index contributed by atoms with van der Waals surface area (Å²) < 4.78 is 11.1. The van der Waals surface area contributed by atoms with Crippen LogP contribution < -0.4 is 4.90 Å². The Labute approximate surface area is 139 Å². The molecule has 6 heteroatoms. The van der Waals surface area contributed by atoms with Gasteiger partial charge >= 0.3 is 0 Å². The van der Waals surface area contributed by atoms with E-state index in [1.54, 1.807) is 19.2 Å². The van der Waals surface area contributed by atoms with E-state index in [9.17, 15) is 0 Å². The molecule has 1 aliphatic rings. The standard InChI is InChI=1S/C16H18Cl2N2O2/c1-10-7-20(8-11(22-10)9-21-2)15-6-3-12-13(17)4-5-14(18)16(12)19-15/h3-6,10-11H,7-9H2,1-2H3. The van der Waals surface area contributed by atoms with Crippen LogP contribution in [-0.2, 0) is 9.47 Å². The number of halogens is 2. The molecule has 1 fully saturated rings. The van der Waals surface area contributed by atoms with Gasteiger partial charge in [-0.05, 0) is 31.2 Å². The topological polar surface area (TPSA) is 34.6 Å². The van der Waals surface area contributed by atoms with E-state index in [1.165, 1.54) is 0 Å². The number of hydrogen-bond acceptors (Lipinski definition) is 4. The average molecular weight is 341 g/mol. The lowest BCUT2D eigenvalue weighted by Crippen LogP contribution is -2.48. The molecule has 0 aliphatic carbocycles. The van der Waals surface area contributed by atoms with E-state index >= 15 is 0 Å². The maximum absolute atomic E-state index is 6.26. The first-order valence-corrected chi connectivity index (χ1v) is 7.98. The number of benzene rings is 1. The lowest BCUT2D eigenvalue weighted by Gasteiger charge is -2.37. The van der Waals surface area contributed by atoms with Crippen LogP contribution in [0.5, 0.6) is 0 Å². The van der Waals surface area contributed by atoms with E-state index in [0.29, 0.717) is 16.7 Å². The largest absolute Gasteiger partial charge is 0.382 e. The molecular weight excluding hydrogens is 323 g/mol. The molecule has 2 aromatic rings. The molecule has 0 bridgehead atoms. The Hall–Kier alpha value is -1.07. The third-order valence-corrected chi connectivity index (χ3v) is 4.38. The van der Waals surface area contributed by atoms with Crippen molar-refractivity contribution in [1.82, 2.24) is 4.98 Å². The summed E-state index contributed by atoms with van der Waals surface area (Å²) in [4.78, 5) is 6.90. The van der Waals surface area contributed by atoms with Gasteiger partial charge in [-0.15, -0.1) is 0 Å². The minimum absolute atomic E-state index is 0.0427. The highest BCUT2D eigenvalue weighted by Gasteiger charge is 2.26. The van der Waals surface area contributed by atoms with Crippen molar-refractivity contribution < 1.29 is 9.47 Å². The minimum Gasteiger partial charge on any atom is -0.382 e. The number of methoxy groups -OCH3 is 1. The van der Waals surface area contributed by atoms with E-state index in [4.69, 9.17) is 37.7 Å². The molecule has 118 valence electrons. The molecule has 1 saturated heterocycles. The summed E-state index contributed by atoms with van der Waals surface area (Å²) in [5.41, 5.74) is 0.731. The molecule has 2 unspecified atom stereocenters. The maximum atomic E-state index is 6.26. The normalized spacial score (nSPS) is 22.3. The van der Waals surface area contributed by atoms with E-state index in [0.717, 1.165) is 29.8 Å². The van der Waals surface area contributed by atoms with Gasteiger partial charge in [-0.1, -0.05) is 23.2 Å².